The number of alkyl halides is 1. The summed E-state index contributed by atoms with van der Waals surface area (Å²) in [7, 11) is 3.19. The van der Waals surface area contributed by atoms with Crippen molar-refractivity contribution < 1.29 is 9.47 Å². The second-order valence-corrected chi connectivity index (χ2v) is 6.35. The Bertz CT molecular complexity index is 659. The van der Waals surface area contributed by atoms with Crippen molar-refractivity contribution in [1.82, 2.24) is 0 Å². The SMILES string of the molecule is COc1cc(Cl)c(C(Br)c2ccc(Cl)cc2C)cc1OC. The highest BCUT2D eigenvalue weighted by Gasteiger charge is 2.19. The van der Waals surface area contributed by atoms with Gasteiger partial charge in [-0.15, -0.1) is 0 Å². The van der Waals surface area contributed by atoms with Gasteiger partial charge in [0, 0.05) is 16.1 Å². The molecule has 2 nitrogen and oxygen atoms in total. The molecule has 0 radical (unpaired) electrons. The van der Waals surface area contributed by atoms with Crippen LogP contribution in [0.15, 0.2) is 30.3 Å². The van der Waals surface area contributed by atoms with Crippen LogP contribution in [0, 0.1) is 6.92 Å². The van der Waals surface area contributed by atoms with E-state index in [0.717, 1.165) is 16.7 Å². The highest BCUT2D eigenvalue weighted by atomic mass is 79.9. The van der Waals surface area contributed by atoms with E-state index in [4.69, 9.17) is 32.7 Å². The normalized spacial score (nSPS) is 12.1. The smallest absolute Gasteiger partial charge is 0.162 e. The zero-order valence-corrected chi connectivity index (χ0v) is 15.0. The standard InChI is InChI=1S/C16H15BrCl2O2/c1-9-6-10(18)4-5-11(9)16(17)12-7-14(20-2)15(21-3)8-13(12)19/h4-8,16H,1-3H3. The van der Waals surface area contributed by atoms with Gasteiger partial charge in [0.25, 0.3) is 0 Å². The Morgan fingerprint density at radius 3 is 2.14 bits per heavy atom. The minimum atomic E-state index is -0.0536. The molecule has 0 saturated heterocycles. The summed E-state index contributed by atoms with van der Waals surface area (Å²) in [6.07, 6.45) is 0. The van der Waals surface area contributed by atoms with E-state index in [-0.39, 0.29) is 4.83 Å². The number of aryl methyl sites for hydroxylation is 1. The van der Waals surface area contributed by atoms with Gasteiger partial charge in [-0.3, -0.25) is 0 Å². The first kappa shape index (κ1) is 16.5. The van der Waals surface area contributed by atoms with Crippen molar-refractivity contribution in [2.75, 3.05) is 14.2 Å². The van der Waals surface area contributed by atoms with Crippen LogP contribution in [-0.4, -0.2) is 14.2 Å². The molecule has 0 aliphatic carbocycles. The van der Waals surface area contributed by atoms with Crippen molar-refractivity contribution in [1.29, 1.82) is 0 Å². The molecule has 0 fully saturated rings. The van der Waals surface area contributed by atoms with Gasteiger partial charge in [-0.1, -0.05) is 45.2 Å². The molecular formula is C16H15BrCl2O2. The monoisotopic (exact) mass is 388 g/mol. The number of benzene rings is 2. The van der Waals surface area contributed by atoms with E-state index in [1.807, 2.05) is 31.2 Å². The van der Waals surface area contributed by atoms with Gasteiger partial charge in [0.15, 0.2) is 11.5 Å². The number of hydrogen-bond acceptors (Lipinski definition) is 2. The zero-order valence-electron chi connectivity index (χ0n) is 11.9. The number of rotatable bonds is 4. The van der Waals surface area contributed by atoms with Gasteiger partial charge in [0.2, 0.25) is 0 Å². The molecule has 2 rings (SSSR count). The fraction of sp³-hybridized carbons (Fsp3) is 0.250. The Morgan fingerprint density at radius 1 is 0.952 bits per heavy atom. The molecular weight excluding hydrogens is 375 g/mol. The topological polar surface area (TPSA) is 18.5 Å². The summed E-state index contributed by atoms with van der Waals surface area (Å²) in [6.45, 7) is 2.02. The third kappa shape index (κ3) is 3.47. The molecule has 2 aromatic rings. The third-order valence-corrected chi connectivity index (χ3v) is 4.83. The van der Waals surface area contributed by atoms with Crippen LogP contribution in [0.2, 0.25) is 10.0 Å². The van der Waals surface area contributed by atoms with Crippen molar-refractivity contribution in [3.05, 3.63) is 57.1 Å². The number of ether oxygens (including phenoxy) is 2. The average Bonchev–Trinajstić information content (AvgIpc) is 2.46. The second-order valence-electron chi connectivity index (χ2n) is 4.59. The van der Waals surface area contributed by atoms with Gasteiger partial charge in [-0.05, 0) is 41.8 Å². The van der Waals surface area contributed by atoms with Crippen LogP contribution in [0.25, 0.3) is 0 Å². The minimum absolute atomic E-state index is 0.0536. The van der Waals surface area contributed by atoms with Gasteiger partial charge in [0.1, 0.15) is 0 Å². The van der Waals surface area contributed by atoms with Gasteiger partial charge in [-0.25, -0.2) is 0 Å². The zero-order chi connectivity index (χ0) is 15.6. The number of methoxy groups -OCH3 is 2. The summed E-state index contributed by atoms with van der Waals surface area (Å²) in [5.74, 6) is 1.26. The molecule has 0 aliphatic rings. The fourth-order valence-corrected chi connectivity index (χ4v) is 3.67. The Morgan fingerprint density at radius 2 is 1.57 bits per heavy atom. The maximum Gasteiger partial charge on any atom is 0.162 e. The lowest BCUT2D eigenvalue weighted by atomic mass is 10.00. The predicted molar refractivity (Wildman–Crippen MR) is 91.5 cm³/mol. The average molecular weight is 390 g/mol. The molecule has 0 spiro atoms. The van der Waals surface area contributed by atoms with Crippen LogP contribution in [0.4, 0.5) is 0 Å². The Kier molecular flexibility index (Phi) is 5.42. The first-order valence-electron chi connectivity index (χ1n) is 6.29. The predicted octanol–water partition coefficient (Wildman–Crippen LogP) is 5.80. The maximum absolute atomic E-state index is 6.37. The molecule has 1 atom stereocenters. The molecule has 0 aromatic heterocycles. The quantitative estimate of drug-likeness (QED) is 0.615. The molecule has 0 heterocycles. The first-order chi connectivity index (χ1) is 9.97. The van der Waals surface area contributed by atoms with Crippen LogP contribution in [0.1, 0.15) is 21.5 Å². The Hall–Kier alpha value is -0.900. The maximum atomic E-state index is 6.37. The van der Waals surface area contributed by atoms with Gasteiger partial charge >= 0.3 is 0 Å². The van der Waals surface area contributed by atoms with Crippen molar-refractivity contribution in [2.45, 2.75) is 11.8 Å². The fourth-order valence-electron chi connectivity index (χ4n) is 2.16. The van der Waals surface area contributed by atoms with E-state index in [2.05, 4.69) is 15.9 Å². The first-order valence-corrected chi connectivity index (χ1v) is 7.96. The minimum Gasteiger partial charge on any atom is -0.493 e. The van der Waals surface area contributed by atoms with Crippen LogP contribution in [0.5, 0.6) is 11.5 Å². The van der Waals surface area contributed by atoms with Crippen molar-refractivity contribution in [3.8, 4) is 11.5 Å². The molecule has 5 heteroatoms. The van der Waals surface area contributed by atoms with Gasteiger partial charge in [0.05, 0.1) is 19.0 Å². The van der Waals surface area contributed by atoms with Crippen LogP contribution >= 0.6 is 39.1 Å². The highest BCUT2D eigenvalue weighted by molar-refractivity contribution is 9.09. The van der Waals surface area contributed by atoms with E-state index in [1.165, 1.54) is 0 Å². The molecule has 112 valence electrons. The second kappa shape index (κ2) is 6.91. The highest BCUT2D eigenvalue weighted by Crippen LogP contribution is 2.42. The van der Waals surface area contributed by atoms with Crippen molar-refractivity contribution in [3.63, 3.8) is 0 Å². The summed E-state index contributed by atoms with van der Waals surface area (Å²) in [5, 5.41) is 1.33. The molecule has 1 unspecified atom stereocenters. The lowest BCUT2D eigenvalue weighted by Gasteiger charge is -2.18. The summed E-state index contributed by atoms with van der Waals surface area (Å²) in [6, 6.07) is 9.43. The lowest BCUT2D eigenvalue weighted by molar-refractivity contribution is 0.354. The molecule has 21 heavy (non-hydrogen) atoms. The Balaban J connectivity index is 2.50. The summed E-state index contributed by atoms with van der Waals surface area (Å²) in [4.78, 5) is -0.0536. The lowest BCUT2D eigenvalue weighted by Crippen LogP contribution is -1.99. The number of halogens is 3. The van der Waals surface area contributed by atoms with Crippen LogP contribution in [0.3, 0.4) is 0 Å². The third-order valence-electron chi connectivity index (χ3n) is 3.28. The molecule has 0 N–H and O–H groups in total. The largest absolute Gasteiger partial charge is 0.493 e. The van der Waals surface area contributed by atoms with E-state index in [0.29, 0.717) is 21.5 Å². The van der Waals surface area contributed by atoms with E-state index in [1.54, 1.807) is 20.3 Å². The van der Waals surface area contributed by atoms with Crippen LogP contribution < -0.4 is 9.47 Å². The molecule has 0 bridgehead atoms. The molecule has 0 amide bonds. The van der Waals surface area contributed by atoms with Crippen molar-refractivity contribution in [2.24, 2.45) is 0 Å². The van der Waals surface area contributed by atoms with Gasteiger partial charge in [-0.2, -0.15) is 0 Å². The summed E-state index contributed by atoms with van der Waals surface area (Å²) >= 11 is 16.1. The number of hydrogen-bond donors (Lipinski definition) is 0. The van der Waals surface area contributed by atoms with E-state index in [9.17, 15) is 0 Å². The summed E-state index contributed by atoms with van der Waals surface area (Å²) < 4.78 is 10.6. The van der Waals surface area contributed by atoms with Crippen molar-refractivity contribution >= 4 is 39.1 Å². The summed E-state index contributed by atoms with van der Waals surface area (Å²) in [5.41, 5.74) is 3.11. The van der Waals surface area contributed by atoms with E-state index < -0.39 is 0 Å². The van der Waals surface area contributed by atoms with Gasteiger partial charge < -0.3 is 9.47 Å². The molecule has 0 aliphatic heterocycles. The van der Waals surface area contributed by atoms with E-state index >= 15 is 0 Å². The molecule has 2 aromatic carbocycles. The molecule has 0 saturated carbocycles. The Labute approximate surface area is 143 Å². The van der Waals surface area contributed by atoms with Crippen LogP contribution in [-0.2, 0) is 0 Å².